The van der Waals surface area contributed by atoms with Crippen molar-refractivity contribution in [1.82, 2.24) is 4.31 Å². The van der Waals surface area contributed by atoms with Gasteiger partial charge in [-0.1, -0.05) is 12.2 Å². The normalized spacial score (nSPS) is 15.6. The van der Waals surface area contributed by atoms with Crippen LogP contribution in [0.1, 0.15) is 19.3 Å². The average Bonchev–Trinajstić information content (AvgIpc) is 3.12. The van der Waals surface area contributed by atoms with E-state index in [9.17, 15) is 17.2 Å². The third kappa shape index (κ3) is 3.31. The first-order valence-electron chi connectivity index (χ1n) is 6.07. The Labute approximate surface area is 121 Å². The van der Waals surface area contributed by atoms with Crippen LogP contribution in [0, 0.1) is 11.6 Å². The molecular weight excluding hydrogens is 306 g/mol. The van der Waals surface area contributed by atoms with Gasteiger partial charge in [-0.3, -0.25) is 0 Å². The lowest BCUT2D eigenvalue weighted by Gasteiger charge is -2.21. The standard InChI is InChI=1S/C12H14F2N2O2S2/c13-8-1-4-11(10(14)7-8)20(17,18)16(9-2-3-9)6-5-12(15)19/h1,4,7,9H,2-3,5-6H2,(H2,15,19). The molecule has 0 aromatic heterocycles. The van der Waals surface area contributed by atoms with Crippen molar-refractivity contribution in [3.05, 3.63) is 29.8 Å². The van der Waals surface area contributed by atoms with Crippen LogP contribution in [-0.4, -0.2) is 30.3 Å². The predicted octanol–water partition coefficient (Wildman–Crippen LogP) is 1.79. The highest BCUT2D eigenvalue weighted by atomic mass is 32.2. The first-order chi connectivity index (χ1) is 9.32. The third-order valence-electron chi connectivity index (χ3n) is 3.01. The van der Waals surface area contributed by atoms with E-state index in [2.05, 4.69) is 0 Å². The largest absolute Gasteiger partial charge is 0.393 e. The topological polar surface area (TPSA) is 63.4 Å². The summed E-state index contributed by atoms with van der Waals surface area (Å²) in [5, 5.41) is 0. The molecule has 1 fully saturated rings. The van der Waals surface area contributed by atoms with E-state index in [0.29, 0.717) is 6.07 Å². The van der Waals surface area contributed by atoms with E-state index >= 15 is 0 Å². The van der Waals surface area contributed by atoms with Crippen LogP contribution in [0.5, 0.6) is 0 Å². The van der Waals surface area contributed by atoms with Crippen molar-refractivity contribution in [3.63, 3.8) is 0 Å². The summed E-state index contributed by atoms with van der Waals surface area (Å²) in [4.78, 5) is -0.320. The van der Waals surface area contributed by atoms with E-state index in [0.717, 1.165) is 25.0 Å². The minimum Gasteiger partial charge on any atom is -0.393 e. The van der Waals surface area contributed by atoms with E-state index in [1.54, 1.807) is 0 Å². The van der Waals surface area contributed by atoms with Crippen molar-refractivity contribution in [1.29, 1.82) is 0 Å². The van der Waals surface area contributed by atoms with Gasteiger partial charge in [0.05, 0.1) is 4.99 Å². The maximum absolute atomic E-state index is 13.7. The second-order valence-electron chi connectivity index (χ2n) is 4.64. The quantitative estimate of drug-likeness (QED) is 0.812. The molecule has 0 spiro atoms. The number of sulfonamides is 1. The summed E-state index contributed by atoms with van der Waals surface area (Å²) in [6, 6.07) is 2.27. The van der Waals surface area contributed by atoms with Crippen molar-refractivity contribution in [2.75, 3.05) is 6.54 Å². The second kappa shape index (κ2) is 5.71. The molecule has 0 atom stereocenters. The highest BCUT2D eigenvalue weighted by Gasteiger charge is 2.38. The highest BCUT2D eigenvalue weighted by molar-refractivity contribution is 7.89. The number of benzene rings is 1. The Balaban J connectivity index is 2.32. The highest BCUT2D eigenvalue weighted by Crippen LogP contribution is 2.33. The third-order valence-corrected chi connectivity index (χ3v) is 5.20. The Morgan fingerprint density at radius 1 is 1.40 bits per heavy atom. The lowest BCUT2D eigenvalue weighted by atomic mass is 10.3. The Morgan fingerprint density at radius 3 is 2.55 bits per heavy atom. The molecule has 1 saturated carbocycles. The van der Waals surface area contributed by atoms with Crippen LogP contribution in [-0.2, 0) is 10.0 Å². The summed E-state index contributed by atoms with van der Waals surface area (Å²) >= 11 is 4.74. The summed E-state index contributed by atoms with van der Waals surface area (Å²) in [6.07, 6.45) is 1.67. The van der Waals surface area contributed by atoms with Crippen LogP contribution in [0.25, 0.3) is 0 Å². The number of nitrogens with two attached hydrogens (primary N) is 1. The fourth-order valence-electron chi connectivity index (χ4n) is 1.89. The van der Waals surface area contributed by atoms with Gasteiger partial charge in [0.1, 0.15) is 16.5 Å². The van der Waals surface area contributed by atoms with E-state index in [4.69, 9.17) is 18.0 Å². The summed E-state index contributed by atoms with van der Waals surface area (Å²) < 4.78 is 52.6. The summed E-state index contributed by atoms with van der Waals surface area (Å²) in [7, 11) is -4.00. The summed E-state index contributed by atoms with van der Waals surface area (Å²) in [6.45, 7) is 0.110. The Morgan fingerprint density at radius 2 is 2.05 bits per heavy atom. The Kier molecular flexibility index (Phi) is 4.36. The van der Waals surface area contributed by atoms with Crippen LogP contribution in [0.2, 0.25) is 0 Å². The molecule has 0 saturated heterocycles. The van der Waals surface area contributed by atoms with E-state index in [-0.39, 0.29) is 24.0 Å². The summed E-state index contributed by atoms with van der Waals surface area (Å²) in [5.74, 6) is -1.91. The minimum absolute atomic E-state index is 0.110. The number of hydrogen-bond donors (Lipinski definition) is 1. The van der Waals surface area contributed by atoms with Gasteiger partial charge < -0.3 is 5.73 Å². The zero-order valence-corrected chi connectivity index (χ0v) is 12.2. The molecule has 1 aromatic rings. The fourth-order valence-corrected chi connectivity index (χ4v) is 3.72. The van der Waals surface area contributed by atoms with E-state index < -0.39 is 26.6 Å². The summed E-state index contributed by atoms with van der Waals surface area (Å²) in [5.41, 5.74) is 5.38. The number of hydrogen-bond acceptors (Lipinski definition) is 3. The fraction of sp³-hybridized carbons (Fsp3) is 0.417. The van der Waals surface area contributed by atoms with Crippen molar-refractivity contribution >= 4 is 27.2 Å². The van der Waals surface area contributed by atoms with Gasteiger partial charge in [0.2, 0.25) is 10.0 Å². The Bertz CT molecular complexity index is 630. The van der Waals surface area contributed by atoms with Gasteiger partial charge in [-0.05, 0) is 25.0 Å². The molecular formula is C12H14F2N2O2S2. The van der Waals surface area contributed by atoms with Crippen LogP contribution < -0.4 is 5.73 Å². The lowest BCUT2D eigenvalue weighted by molar-refractivity contribution is 0.409. The molecule has 0 radical (unpaired) electrons. The molecule has 0 amide bonds. The second-order valence-corrected chi connectivity index (χ2v) is 7.02. The molecule has 2 rings (SSSR count). The molecule has 1 aromatic carbocycles. The van der Waals surface area contributed by atoms with Crippen molar-refractivity contribution < 1.29 is 17.2 Å². The Hall–Kier alpha value is -1.12. The van der Waals surface area contributed by atoms with Crippen LogP contribution in [0.3, 0.4) is 0 Å². The van der Waals surface area contributed by atoms with Gasteiger partial charge in [-0.25, -0.2) is 17.2 Å². The van der Waals surface area contributed by atoms with Crippen molar-refractivity contribution in [2.45, 2.75) is 30.2 Å². The van der Waals surface area contributed by atoms with Gasteiger partial charge in [0.15, 0.2) is 0 Å². The monoisotopic (exact) mass is 320 g/mol. The van der Waals surface area contributed by atoms with Crippen molar-refractivity contribution in [2.24, 2.45) is 5.73 Å². The number of rotatable bonds is 6. The number of nitrogens with zero attached hydrogens (tertiary/aromatic N) is 1. The first-order valence-corrected chi connectivity index (χ1v) is 7.92. The van der Waals surface area contributed by atoms with Crippen LogP contribution in [0.4, 0.5) is 8.78 Å². The predicted molar refractivity (Wildman–Crippen MR) is 74.7 cm³/mol. The molecule has 1 aliphatic rings. The molecule has 110 valence electrons. The van der Waals surface area contributed by atoms with E-state index in [1.807, 2.05) is 0 Å². The maximum atomic E-state index is 13.7. The number of halogens is 2. The SMILES string of the molecule is NC(=S)CCN(C1CC1)S(=O)(=O)c1ccc(F)cc1F. The smallest absolute Gasteiger partial charge is 0.246 e. The molecule has 1 aliphatic carbocycles. The maximum Gasteiger partial charge on any atom is 0.246 e. The molecule has 0 unspecified atom stereocenters. The zero-order valence-electron chi connectivity index (χ0n) is 10.6. The molecule has 4 nitrogen and oxygen atoms in total. The molecule has 2 N–H and O–H groups in total. The molecule has 0 aliphatic heterocycles. The average molecular weight is 320 g/mol. The molecule has 8 heteroatoms. The first kappa shape index (κ1) is 15.3. The molecule has 0 bridgehead atoms. The van der Waals surface area contributed by atoms with Gasteiger partial charge in [-0.2, -0.15) is 4.31 Å². The van der Waals surface area contributed by atoms with Crippen LogP contribution >= 0.6 is 12.2 Å². The van der Waals surface area contributed by atoms with Gasteiger partial charge in [0.25, 0.3) is 0 Å². The lowest BCUT2D eigenvalue weighted by Crippen LogP contribution is -2.36. The molecule has 20 heavy (non-hydrogen) atoms. The molecule has 0 heterocycles. The number of thiocarbonyl (C=S) groups is 1. The van der Waals surface area contributed by atoms with Gasteiger partial charge in [-0.15, -0.1) is 0 Å². The minimum atomic E-state index is -4.00. The zero-order chi connectivity index (χ0) is 14.9. The van der Waals surface area contributed by atoms with Crippen molar-refractivity contribution in [3.8, 4) is 0 Å². The van der Waals surface area contributed by atoms with Crippen LogP contribution in [0.15, 0.2) is 23.1 Å². The van der Waals surface area contributed by atoms with Gasteiger partial charge in [0, 0.05) is 25.1 Å². The van der Waals surface area contributed by atoms with Gasteiger partial charge >= 0.3 is 0 Å². The van der Waals surface area contributed by atoms with E-state index in [1.165, 1.54) is 4.31 Å².